The van der Waals surface area contributed by atoms with E-state index in [1.165, 1.54) is 0 Å². The molecule has 2 rings (SSSR count). The van der Waals surface area contributed by atoms with Crippen LogP contribution in [-0.2, 0) is 16.0 Å². The number of anilines is 1. The van der Waals surface area contributed by atoms with Crippen LogP contribution in [0.15, 0.2) is 42.5 Å². The first-order valence-electron chi connectivity index (χ1n) is 8.84. The van der Waals surface area contributed by atoms with Crippen molar-refractivity contribution in [2.45, 2.75) is 33.6 Å². The molecule has 5 nitrogen and oxygen atoms in total. The van der Waals surface area contributed by atoms with E-state index in [1.54, 1.807) is 0 Å². The molecule has 0 spiro atoms. The van der Waals surface area contributed by atoms with Gasteiger partial charge in [0.15, 0.2) is 0 Å². The first-order valence-corrected chi connectivity index (χ1v) is 8.84. The topological polar surface area (TPSA) is 67.4 Å². The van der Waals surface area contributed by atoms with Crippen molar-refractivity contribution in [2.75, 3.05) is 18.5 Å². The quantitative estimate of drug-likeness (QED) is 0.763. The first kappa shape index (κ1) is 19.5. The van der Waals surface area contributed by atoms with Crippen LogP contribution < -0.4 is 15.4 Å². The van der Waals surface area contributed by atoms with Crippen molar-refractivity contribution in [3.63, 3.8) is 0 Å². The van der Waals surface area contributed by atoms with Crippen molar-refractivity contribution < 1.29 is 14.3 Å². The molecule has 2 aromatic rings. The van der Waals surface area contributed by atoms with E-state index in [1.807, 2.05) is 63.2 Å². The number of aryl methyl sites for hydroxylation is 3. The van der Waals surface area contributed by atoms with Crippen LogP contribution in [0.4, 0.5) is 5.69 Å². The van der Waals surface area contributed by atoms with Crippen LogP contribution >= 0.6 is 0 Å². The SMILES string of the molecule is CCOc1ccc(CCC(=O)NCC(=O)Nc2c(C)cccc2C)cc1. The lowest BCUT2D eigenvalue weighted by molar-refractivity contribution is -0.124. The Kier molecular flexibility index (Phi) is 7.21. The van der Waals surface area contributed by atoms with Crippen LogP contribution in [0.1, 0.15) is 30.0 Å². The standard InChI is InChI=1S/C21H26N2O3/c1-4-26-18-11-8-17(9-12-18)10-13-19(24)22-14-20(25)23-21-15(2)6-5-7-16(21)3/h5-9,11-12H,4,10,13-14H2,1-3H3,(H,22,24)(H,23,25). The Balaban J connectivity index is 1.75. The van der Waals surface area contributed by atoms with Gasteiger partial charge in [0.1, 0.15) is 5.75 Å². The molecule has 5 heteroatoms. The van der Waals surface area contributed by atoms with E-state index < -0.39 is 0 Å². The molecule has 0 heterocycles. The molecule has 138 valence electrons. The molecule has 0 bridgehead atoms. The Morgan fingerprint density at radius 1 is 0.962 bits per heavy atom. The van der Waals surface area contributed by atoms with Crippen molar-refractivity contribution in [1.82, 2.24) is 5.32 Å². The summed E-state index contributed by atoms with van der Waals surface area (Å²) in [5.41, 5.74) is 3.87. The van der Waals surface area contributed by atoms with Crippen LogP contribution in [0.2, 0.25) is 0 Å². The third-order valence-electron chi connectivity index (χ3n) is 4.07. The lowest BCUT2D eigenvalue weighted by Gasteiger charge is -2.12. The lowest BCUT2D eigenvalue weighted by atomic mass is 10.1. The molecular formula is C21H26N2O3. The zero-order valence-corrected chi connectivity index (χ0v) is 15.6. The van der Waals surface area contributed by atoms with Gasteiger partial charge in [0.05, 0.1) is 13.2 Å². The minimum Gasteiger partial charge on any atom is -0.494 e. The second kappa shape index (κ2) is 9.61. The molecule has 0 aliphatic rings. The summed E-state index contributed by atoms with van der Waals surface area (Å²) in [6.45, 7) is 6.42. The molecule has 2 amide bonds. The summed E-state index contributed by atoms with van der Waals surface area (Å²) in [5.74, 6) is 0.455. The van der Waals surface area contributed by atoms with Gasteiger partial charge in [-0.1, -0.05) is 30.3 Å². The molecule has 0 saturated carbocycles. The van der Waals surface area contributed by atoms with Gasteiger partial charge < -0.3 is 15.4 Å². The van der Waals surface area contributed by atoms with Gasteiger partial charge in [0.25, 0.3) is 0 Å². The van der Waals surface area contributed by atoms with Crippen LogP contribution in [-0.4, -0.2) is 25.0 Å². The highest BCUT2D eigenvalue weighted by Gasteiger charge is 2.09. The summed E-state index contributed by atoms with van der Waals surface area (Å²) in [7, 11) is 0. The van der Waals surface area contributed by atoms with E-state index in [9.17, 15) is 9.59 Å². The van der Waals surface area contributed by atoms with Gasteiger partial charge in [-0.25, -0.2) is 0 Å². The number of hydrogen-bond donors (Lipinski definition) is 2. The van der Waals surface area contributed by atoms with Crippen LogP contribution in [0, 0.1) is 13.8 Å². The maximum absolute atomic E-state index is 12.1. The molecule has 0 radical (unpaired) electrons. The maximum Gasteiger partial charge on any atom is 0.243 e. The van der Waals surface area contributed by atoms with Gasteiger partial charge >= 0.3 is 0 Å². The Labute approximate surface area is 154 Å². The number of para-hydroxylation sites is 1. The average molecular weight is 354 g/mol. The van der Waals surface area contributed by atoms with E-state index in [2.05, 4.69) is 10.6 Å². The monoisotopic (exact) mass is 354 g/mol. The summed E-state index contributed by atoms with van der Waals surface area (Å²) in [6.07, 6.45) is 0.960. The zero-order chi connectivity index (χ0) is 18.9. The zero-order valence-electron chi connectivity index (χ0n) is 15.6. The van der Waals surface area contributed by atoms with Gasteiger partial charge in [0.2, 0.25) is 11.8 Å². The number of carbonyl (C=O) groups is 2. The fourth-order valence-electron chi connectivity index (χ4n) is 2.64. The minimum atomic E-state index is -0.225. The van der Waals surface area contributed by atoms with Crippen LogP contribution in [0.25, 0.3) is 0 Å². The minimum absolute atomic E-state index is 0.0319. The predicted octanol–water partition coefficient (Wildman–Crippen LogP) is 3.39. The first-order chi connectivity index (χ1) is 12.5. The Morgan fingerprint density at radius 3 is 2.23 bits per heavy atom. The Hall–Kier alpha value is -2.82. The Bertz CT molecular complexity index is 734. The molecule has 0 saturated heterocycles. The van der Waals surface area contributed by atoms with Crippen molar-refractivity contribution in [1.29, 1.82) is 0 Å². The molecule has 0 unspecified atom stereocenters. The summed E-state index contributed by atoms with van der Waals surface area (Å²) >= 11 is 0. The summed E-state index contributed by atoms with van der Waals surface area (Å²) in [4.78, 5) is 24.0. The van der Waals surface area contributed by atoms with Crippen molar-refractivity contribution >= 4 is 17.5 Å². The summed E-state index contributed by atoms with van der Waals surface area (Å²) < 4.78 is 5.39. The van der Waals surface area contributed by atoms with E-state index in [-0.39, 0.29) is 18.4 Å². The van der Waals surface area contributed by atoms with Crippen LogP contribution in [0.5, 0.6) is 5.75 Å². The van der Waals surface area contributed by atoms with E-state index in [4.69, 9.17) is 4.74 Å². The van der Waals surface area contributed by atoms with Crippen LogP contribution in [0.3, 0.4) is 0 Å². The number of nitrogens with one attached hydrogen (secondary N) is 2. The van der Waals surface area contributed by atoms with Crippen molar-refractivity contribution in [2.24, 2.45) is 0 Å². The van der Waals surface area contributed by atoms with Crippen molar-refractivity contribution in [3.8, 4) is 5.75 Å². The molecule has 0 aromatic heterocycles. The number of benzene rings is 2. The number of amides is 2. The smallest absolute Gasteiger partial charge is 0.243 e. The number of hydrogen-bond acceptors (Lipinski definition) is 3. The normalized spacial score (nSPS) is 10.3. The average Bonchev–Trinajstić information content (AvgIpc) is 2.63. The molecular weight excluding hydrogens is 328 g/mol. The molecule has 26 heavy (non-hydrogen) atoms. The summed E-state index contributed by atoms with van der Waals surface area (Å²) in [5, 5.41) is 5.53. The second-order valence-electron chi connectivity index (χ2n) is 6.17. The van der Waals surface area contributed by atoms with Gasteiger partial charge in [0, 0.05) is 12.1 Å². The lowest BCUT2D eigenvalue weighted by Crippen LogP contribution is -2.33. The largest absolute Gasteiger partial charge is 0.494 e. The van der Waals surface area contributed by atoms with Gasteiger partial charge in [-0.3, -0.25) is 9.59 Å². The molecule has 2 N–H and O–H groups in total. The molecule has 0 aliphatic heterocycles. The number of rotatable bonds is 8. The highest BCUT2D eigenvalue weighted by Crippen LogP contribution is 2.19. The highest BCUT2D eigenvalue weighted by molar-refractivity contribution is 5.95. The third kappa shape index (κ3) is 5.92. The van der Waals surface area contributed by atoms with Gasteiger partial charge in [-0.15, -0.1) is 0 Å². The van der Waals surface area contributed by atoms with Gasteiger partial charge in [-0.2, -0.15) is 0 Å². The molecule has 0 fully saturated rings. The second-order valence-corrected chi connectivity index (χ2v) is 6.17. The van der Waals surface area contributed by atoms with E-state index >= 15 is 0 Å². The number of ether oxygens (including phenoxy) is 1. The third-order valence-corrected chi connectivity index (χ3v) is 4.07. The fourth-order valence-corrected chi connectivity index (χ4v) is 2.64. The maximum atomic E-state index is 12.1. The van der Waals surface area contributed by atoms with E-state index in [0.29, 0.717) is 19.4 Å². The fraction of sp³-hybridized carbons (Fsp3) is 0.333. The number of carbonyl (C=O) groups excluding carboxylic acids is 2. The molecule has 2 aromatic carbocycles. The summed E-state index contributed by atoms with van der Waals surface area (Å²) in [6, 6.07) is 13.5. The Morgan fingerprint density at radius 2 is 1.62 bits per heavy atom. The highest BCUT2D eigenvalue weighted by atomic mass is 16.5. The predicted molar refractivity (Wildman–Crippen MR) is 103 cm³/mol. The molecule has 0 aliphatic carbocycles. The molecule has 0 atom stereocenters. The van der Waals surface area contributed by atoms with Crippen molar-refractivity contribution in [3.05, 3.63) is 59.2 Å². The van der Waals surface area contributed by atoms with E-state index in [0.717, 1.165) is 28.1 Å². The van der Waals surface area contributed by atoms with Gasteiger partial charge in [-0.05, 0) is 56.0 Å².